The maximum absolute atomic E-state index is 12.1. The molecule has 0 aliphatic rings. The monoisotopic (exact) mass is 287 g/mol. The number of carbonyl (C=O) groups is 1. The van der Waals surface area contributed by atoms with E-state index >= 15 is 0 Å². The third-order valence-corrected chi connectivity index (χ3v) is 2.82. The van der Waals surface area contributed by atoms with Crippen molar-refractivity contribution in [3.8, 4) is 5.75 Å². The Morgan fingerprint density at radius 3 is 2.52 bits per heavy atom. The van der Waals surface area contributed by atoms with Crippen LogP contribution in [0.2, 0.25) is 0 Å². The first-order valence-corrected chi connectivity index (χ1v) is 6.76. The lowest BCUT2D eigenvalue weighted by molar-refractivity contribution is 0.102. The van der Waals surface area contributed by atoms with Gasteiger partial charge in [0.1, 0.15) is 11.4 Å². The molecule has 1 aromatic carbocycles. The van der Waals surface area contributed by atoms with Gasteiger partial charge in [0.05, 0.1) is 6.61 Å². The molecule has 0 radical (unpaired) electrons. The second-order valence-electron chi connectivity index (χ2n) is 4.28. The van der Waals surface area contributed by atoms with Crippen LogP contribution in [-0.4, -0.2) is 22.3 Å². The molecule has 0 aliphatic carbocycles. The maximum Gasteiger partial charge on any atom is 0.276 e. The van der Waals surface area contributed by atoms with Crippen LogP contribution >= 0.6 is 0 Å². The molecule has 2 rings (SSSR count). The highest BCUT2D eigenvalue weighted by atomic mass is 16.5. The second-order valence-corrected chi connectivity index (χ2v) is 4.28. The molecule has 0 saturated heterocycles. The molecule has 110 valence electrons. The van der Waals surface area contributed by atoms with Gasteiger partial charge >= 0.3 is 0 Å². The number of ether oxygens (including phenoxy) is 1. The molecule has 0 saturated carbocycles. The summed E-state index contributed by atoms with van der Waals surface area (Å²) in [4.78, 5) is 23.5. The first kappa shape index (κ1) is 14.8. The molecule has 1 amide bonds. The van der Waals surface area contributed by atoms with Crippen molar-refractivity contribution in [2.45, 2.75) is 20.4 Å². The third kappa shape index (κ3) is 3.68. The van der Waals surface area contributed by atoms with Crippen LogP contribution in [0.4, 0.5) is 5.69 Å². The zero-order chi connectivity index (χ0) is 15.2. The molecule has 1 aromatic heterocycles. The molecule has 1 heterocycles. The van der Waals surface area contributed by atoms with E-state index in [1.165, 1.54) is 16.8 Å². The molecule has 0 bridgehead atoms. The smallest absolute Gasteiger partial charge is 0.276 e. The summed E-state index contributed by atoms with van der Waals surface area (Å²) in [5, 5.41) is 6.73. The lowest BCUT2D eigenvalue weighted by Crippen LogP contribution is -2.25. The van der Waals surface area contributed by atoms with Crippen molar-refractivity contribution < 1.29 is 9.53 Å². The molecule has 6 nitrogen and oxygen atoms in total. The number of hydrogen-bond acceptors (Lipinski definition) is 4. The molecule has 0 spiro atoms. The Labute approximate surface area is 122 Å². The summed E-state index contributed by atoms with van der Waals surface area (Å²) in [5.41, 5.74) is 0.611. The van der Waals surface area contributed by atoms with Gasteiger partial charge in [0.15, 0.2) is 0 Å². The molecular formula is C15H17N3O3. The van der Waals surface area contributed by atoms with Crippen molar-refractivity contribution in [3.05, 3.63) is 52.4 Å². The van der Waals surface area contributed by atoms with Crippen LogP contribution in [0.25, 0.3) is 0 Å². The van der Waals surface area contributed by atoms with Gasteiger partial charge in [-0.25, -0.2) is 4.68 Å². The van der Waals surface area contributed by atoms with Gasteiger partial charge in [-0.05, 0) is 44.2 Å². The van der Waals surface area contributed by atoms with Crippen LogP contribution in [0, 0.1) is 0 Å². The van der Waals surface area contributed by atoms with E-state index in [1.54, 1.807) is 31.2 Å². The van der Waals surface area contributed by atoms with E-state index in [0.717, 1.165) is 5.75 Å². The van der Waals surface area contributed by atoms with E-state index in [-0.39, 0.29) is 17.2 Å². The molecule has 0 atom stereocenters. The number of aromatic nitrogens is 2. The van der Waals surface area contributed by atoms with Gasteiger partial charge in [0, 0.05) is 18.3 Å². The highest BCUT2D eigenvalue weighted by molar-refractivity contribution is 6.02. The minimum Gasteiger partial charge on any atom is -0.494 e. The first-order chi connectivity index (χ1) is 10.1. The van der Waals surface area contributed by atoms with Crippen LogP contribution in [-0.2, 0) is 6.54 Å². The summed E-state index contributed by atoms with van der Waals surface area (Å²) in [5.74, 6) is 0.384. The molecule has 0 unspecified atom stereocenters. The van der Waals surface area contributed by atoms with Crippen LogP contribution in [0.1, 0.15) is 24.3 Å². The zero-order valence-electron chi connectivity index (χ0n) is 12.0. The van der Waals surface area contributed by atoms with Gasteiger partial charge in [-0.15, -0.1) is 0 Å². The SMILES string of the molecule is CCOc1ccc(NC(=O)c2ccc(=O)n(CC)n2)cc1. The van der Waals surface area contributed by atoms with Gasteiger partial charge < -0.3 is 10.1 Å². The highest BCUT2D eigenvalue weighted by Gasteiger charge is 2.09. The Morgan fingerprint density at radius 1 is 1.19 bits per heavy atom. The molecule has 2 aromatic rings. The maximum atomic E-state index is 12.1. The number of amides is 1. The quantitative estimate of drug-likeness (QED) is 0.911. The second kappa shape index (κ2) is 6.69. The van der Waals surface area contributed by atoms with Gasteiger partial charge in [0.2, 0.25) is 0 Å². The average molecular weight is 287 g/mol. The molecule has 6 heteroatoms. The lowest BCUT2D eigenvalue weighted by Gasteiger charge is -2.07. The molecule has 0 aliphatic heterocycles. The van der Waals surface area contributed by atoms with Gasteiger partial charge in [-0.1, -0.05) is 0 Å². The van der Waals surface area contributed by atoms with Crippen LogP contribution in [0.5, 0.6) is 5.75 Å². The molecule has 0 fully saturated rings. The fourth-order valence-corrected chi connectivity index (χ4v) is 1.79. The number of rotatable bonds is 5. The first-order valence-electron chi connectivity index (χ1n) is 6.76. The van der Waals surface area contributed by atoms with E-state index < -0.39 is 0 Å². The molecule has 21 heavy (non-hydrogen) atoms. The normalized spacial score (nSPS) is 10.2. The number of nitrogens with zero attached hydrogens (tertiary/aromatic N) is 2. The Morgan fingerprint density at radius 2 is 1.90 bits per heavy atom. The Balaban J connectivity index is 2.12. The van der Waals surface area contributed by atoms with Crippen LogP contribution in [0.3, 0.4) is 0 Å². The van der Waals surface area contributed by atoms with Crippen molar-refractivity contribution in [1.82, 2.24) is 9.78 Å². The van der Waals surface area contributed by atoms with Crippen molar-refractivity contribution in [2.75, 3.05) is 11.9 Å². The summed E-state index contributed by atoms with van der Waals surface area (Å²) in [6.45, 7) is 4.71. The van der Waals surface area contributed by atoms with E-state index in [4.69, 9.17) is 4.74 Å². The van der Waals surface area contributed by atoms with E-state index in [1.807, 2.05) is 6.92 Å². The van der Waals surface area contributed by atoms with Crippen LogP contribution < -0.4 is 15.6 Å². The van der Waals surface area contributed by atoms with E-state index in [2.05, 4.69) is 10.4 Å². The third-order valence-electron chi connectivity index (χ3n) is 2.82. The fraction of sp³-hybridized carbons (Fsp3) is 0.267. The van der Waals surface area contributed by atoms with Crippen molar-refractivity contribution >= 4 is 11.6 Å². The number of aryl methyl sites for hydroxylation is 1. The van der Waals surface area contributed by atoms with E-state index in [0.29, 0.717) is 18.8 Å². The Hall–Kier alpha value is -2.63. The van der Waals surface area contributed by atoms with Crippen molar-refractivity contribution in [2.24, 2.45) is 0 Å². The van der Waals surface area contributed by atoms with Crippen LogP contribution in [0.15, 0.2) is 41.2 Å². The van der Waals surface area contributed by atoms with Crippen molar-refractivity contribution in [3.63, 3.8) is 0 Å². The Bertz CT molecular complexity index is 677. The summed E-state index contributed by atoms with van der Waals surface area (Å²) in [7, 11) is 0. The summed E-state index contributed by atoms with van der Waals surface area (Å²) >= 11 is 0. The molecular weight excluding hydrogens is 270 g/mol. The van der Waals surface area contributed by atoms with Gasteiger partial charge in [-0.3, -0.25) is 9.59 Å². The molecule has 1 N–H and O–H groups in total. The number of carbonyl (C=O) groups excluding carboxylic acids is 1. The largest absolute Gasteiger partial charge is 0.494 e. The minimum absolute atomic E-state index is 0.199. The lowest BCUT2D eigenvalue weighted by atomic mass is 10.3. The summed E-state index contributed by atoms with van der Waals surface area (Å²) in [6.07, 6.45) is 0. The predicted molar refractivity (Wildman–Crippen MR) is 79.7 cm³/mol. The Kier molecular flexibility index (Phi) is 4.71. The summed E-state index contributed by atoms with van der Waals surface area (Å²) < 4.78 is 6.57. The van der Waals surface area contributed by atoms with E-state index in [9.17, 15) is 9.59 Å². The minimum atomic E-state index is -0.360. The summed E-state index contributed by atoms with van der Waals surface area (Å²) in [6, 6.07) is 9.80. The number of hydrogen-bond donors (Lipinski definition) is 1. The number of benzene rings is 1. The number of nitrogens with one attached hydrogen (secondary N) is 1. The van der Waals surface area contributed by atoms with Crippen molar-refractivity contribution in [1.29, 1.82) is 0 Å². The predicted octanol–water partition coefficient (Wildman–Crippen LogP) is 1.91. The average Bonchev–Trinajstić information content (AvgIpc) is 2.50. The number of anilines is 1. The van der Waals surface area contributed by atoms with Gasteiger partial charge in [-0.2, -0.15) is 5.10 Å². The zero-order valence-corrected chi connectivity index (χ0v) is 12.0. The topological polar surface area (TPSA) is 73.2 Å². The standard InChI is InChI=1S/C15H17N3O3/c1-3-18-14(19)10-9-13(17-18)15(20)16-11-5-7-12(8-6-11)21-4-2/h5-10H,3-4H2,1-2H3,(H,16,20). The highest BCUT2D eigenvalue weighted by Crippen LogP contribution is 2.16. The fourth-order valence-electron chi connectivity index (χ4n) is 1.79. The van der Waals surface area contributed by atoms with Gasteiger partial charge in [0.25, 0.3) is 11.5 Å².